The number of hydrogen-bond acceptors (Lipinski definition) is 5. The van der Waals surface area contributed by atoms with Crippen LogP contribution in [-0.4, -0.2) is 47.1 Å². The maximum absolute atomic E-state index is 12.6. The predicted molar refractivity (Wildman–Crippen MR) is 81.0 cm³/mol. The first-order valence-electron chi connectivity index (χ1n) is 6.81. The van der Waals surface area contributed by atoms with Crippen LogP contribution in [0.25, 0.3) is 10.6 Å². The second kappa shape index (κ2) is 5.82. The Bertz CT molecular complexity index is 759. The molecule has 0 atom stereocenters. The van der Waals surface area contributed by atoms with Gasteiger partial charge in [0, 0.05) is 19.3 Å². The molecule has 3 heterocycles. The third kappa shape index (κ3) is 2.79. The molecular formula is C13H15N3O4S2. The van der Waals surface area contributed by atoms with E-state index >= 15 is 0 Å². The number of hydrogen-bond donors (Lipinski definition) is 2. The molecule has 1 aliphatic heterocycles. The van der Waals surface area contributed by atoms with Crippen molar-refractivity contribution < 1.29 is 18.3 Å². The number of piperidine rings is 1. The van der Waals surface area contributed by atoms with Crippen molar-refractivity contribution in [3.63, 3.8) is 0 Å². The van der Waals surface area contributed by atoms with Crippen LogP contribution in [0.5, 0.6) is 0 Å². The first-order valence-corrected chi connectivity index (χ1v) is 9.06. The maximum Gasteiger partial charge on any atom is 0.306 e. The van der Waals surface area contributed by atoms with Gasteiger partial charge in [0.05, 0.1) is 16.5 Å². The van der Waals surface area contributed by atoms with Crippen molar-refractivity contribution in [2.24, 2.45) is 5.92 Å². The molecule has 2 N–H and O–H groups in total. The Morgan fingerprint density at radius 1 is 1.32 bits per heavy atom. The summed E-state index contributed by atoms with van der Waals surface area (Å²) < 4.78 is 26.9. The summed E-state index contributed by atoms with van der Waals surface area (Å²) in [5.74, 6) is -1.30. The maximum atomic E-state index is 12.6. The zero-order valence-electron chi connectivity index (χ0n) is 11.6. The Kier molecular flexibility index (Phi) is 4.02. The second-order valence-electron chi connectivity index (χ2n) is 5.11. The predicted octanol–water partition coefficient (Wildman–Crippen LogP) is 1.62. The summed E-state index contributed by atoms with van der Waals surface area (Å²) in [4.78, 5) is 11.7. The number of aromatic amines is 1. The molecule has 1 saturated heterocycles. The fourth-order valence-corrected chi connectivity index (χ4v) is 5.37. The molecule has 0 unspecified atom stereocenters. The molecule has 22 heavy (non-hydrogen) atoms. The van der Waals surface area contributed by atoms with E-state index < -0.39 is 21.9 Å². The van der Waals surface area contributed by atoms with Gasteiger partial charge in [-0.3, -0.25) is 9.89 Å². The van der Waals surface area contributed by atoms with Gasteiger partial charge in [0.2, 0.25) is 0 Å². The standard InChI is InChI=1S/C13H15N3O4S2/c17-13(18)9-4-7-16(8-5-9)22(19,20)12-2-1-11(21-12)10-3-6-14-15-10/h1-3,6,9H,4-5,7-8H2,(H,14,15)(H,17,18). The summed E-state index contributed by atoms with van der Waals surface area (Å²) >= 11 is 1.18. The normalized spacial score (nSPS) is 17.6. The van der Waals surface area contributed by atoms with Gasteiger partial charge in [-0.1, -0.05) is 0 Å². The summed E-state index contributed by atoms with van der Waals surface area (Å²) in [7, 11) is -3.56. The van der Waals surface area contributed by atoms with Crippen molar-refractivity contribution in [2.45, 2.75) is 17.1 Å². The van der Waals surface area contributed by atoms with Crippen molar-refractivity contribution in [3.8, 4) is 10.6 Å². The molecule has 0 radical (unpaired) electrons. The van der Waals surface area contributed by atoms with Crippen molar-refractivity contribution in [1.29, 1.82) is 0 Å². The van der Waals surface area contributed by atoms with Gasteiger partial charge in [-0.05, 0) is 31.0 Å². The molecular weight excluding hydrogens is 326 g/mol. The Hall–Kier alpha value is -1.71. The van der Waals surface area contributed by atoms with Crippen molar-refractivity contribution >= 4 is 27.3 Å². The van der Waals surface area contributed by atoms with Crippen LogP contribution in [-0.2, 0) is 14.8 Å². The summed E-state index contributed by atoms with van der Waals surface area (Å²) in [5, 5.41) is 15.6. The third-order valence-electron chi connectivity index (χ3n) is 3.74. The Balaban J connectivity index is 1.78. The van der Waals surface area contributed by atoms with Gasteiger partial charge >= 0.3 is 5.97 Å². The highest BCUT2D eigenvalue weighted by atomic mass is 32.2. The van der Waals surface area contributed by atoms with Crippen molar-refractivity contribution in [1.82, 2.24) is 14.5 Å². The SMILES string of the molecule is O=C(O)C1CCN(S(=O)(=O)c2ccc(-c3ccn[nH]3)s2)CC1. The number of H-pyrrole nitrogens is 1. The van der Waals surface area contributed by atoms with Gasteiger partial charge in [-0.2, -0.15) is 9.40 Å². The molecule has 2 aromatic rings. The highest BCUT2D eigenvalue weighted by Gasteiger charge is 2.32. The molecule has 0 bridgehead atoms. The van der Waals surface area contributed by atoms with E-state index in [1.165, 1.54) is 15.6 Å². The fourth-order valence-electron chi connectivity index (χ4n) is 2.47. The largest absolute Gasteiger partial charge is 0.481 e. The molecule has 7 nitrogen and oxygen atoms in total. The van der Waals surface area contributed by atoms with Crippen LogP contribution in [0.15, 0.2) is 28.6 Å². The highest BCUT2D eigenvalue weighted by Crippen LogP contribution is 2.32. The van der Waals surface area contributed by atoms with E-state index in [0.29, 0.717) is 12.8 Å². The van der Waals surface area contributed by atoms with Gasteiger partial charge < -0.3 is 5.11 Å². The number of sulfonamides is 1. The molecule has 3 rings (SSSR count). The fraction of sp³-hybridized carbons (Fsp3) is 0.385. The minimum atomic E-state index is -3.56. The van der Waals surface area contributed by atoms with E-state index in [0.717, 1.165) is 10.6 Å². The zero-order valence-corrected chi connectivity index (χ0v) is 13.2. The first-order chi connectivity index (χ1) is 10.5. The smallest absolute Gasteiger partial charge is 0.306 e. The topological polar surface area (TPSA) is 103 Å². The summed E-state index contributed by atoms with van der Waals surface area (Å²) in [6, 6.07) is 5.11. The number of aliphatic carboxylic acids is 1. The van der Waals surface area contributed by atoms with E-state index in [1.54, 1.807) is 24.4 Å². The lowest BCUT2D eigenvalue weighted by Crippen LogP contribution is -2.39. The molecule has 0 saturated carbocycles. The molecule has 1 fully saturated rings. The van der Waals surface area contributed by atoms with Crippen molar-refractivity contribution in [2.75, 3.05) is 13.1 Å². The number of carbonyl (C=O) groups is 1. The molecule has 0 aliphatic carbocycles. The number of thiophene rings is 1. The van der Waals surface area contributed by atoms with E-state index in [4.69, 9.17) is 5.11 Å². The quantitative estimate of drug-likeness (QED) is 0.879. The molecule has 0 amide bonds. The zero-order chi connectivity index (χ0) is 15.7. The lowest BCUT2D eigenvalue weighted by molar-refractivity contribution is -0.142. The second-order valence-corrected chi connectivity index (χ2v) is 8.35. The van der Waals surface area contributed by atoms with Crippen LogP contribution >= 0.6 is 11.3 Å². The molecule has 0 spiro atoms. The number of carboxylic acids is 1. The number of nitrogens with one attached hydrogen (secondary N) is 1. The first kappa shape index (κ1) is 15.2. The molecule has 0 aromatic carbocycles. The van der Waals surface area contributed by atoms with Gasteiger partial charge in [-0.15, -0.1) is 11.3 Å². The van der Waals surface area contributed by atoms with Gasteiger partial charge in [0.25, 0.3) is 10.0 Å². The van der Waals surface area contributed by atoms with Crippen LogP contribution in [0.2, 0.25) is 0 Å². The Morgan fingerprint density at radius 2 is 2.05 bits per heavy atom. The summed E-state index contributed by atoms with van der Waals surface area (Å²) in [6.45, 7) is 0.493. The average Bonchev–Trinajstić information content (AvgIpc) is 3.18. The number of aromatic nitrogens is 2. The molecule has 118 valence electrons. The van der Waals surface area contributed by atoms with E-state index in [9.17, 15) is 13.2 Å². The minimum absolute atomic E-state index is 0.247. The third-order valence-corrected chi connectivity index (χ3v) is 7.23. The highest BCUT2D eigenvalue weighted by molar-refractivity contribution is 7.91. The molecule has 2 aromatic heterocycles. The number of nitrogens with zero attached hydrogens (tertiary/aromatic N) is 2. The van der Waals surface area contributed by atoms with E-state index in [1.807, 2.05) is 0 Å². The number of rotatable bonds is 4. The number of carboxylic acid groups (broad SMARTS) is 1. The molecule has 9 heteroatoms. The van der Waals surface area contributed by atoms with E-state index in [-0.39, 0.29) is 17.3 Å². The van der Waals surface area contributed by atoms with Gasteiger partial charge in [0.1, 0.15) is 4.21 Å². The molecule has 1 aliphatic rings. The Morgan fingerprint density at radius 3 is 2.64 bits per heavy atom. The van der Waals surface area contributed by atoms with Crippen LogP contribution in [0, 0.1) is 5.92 Å². The summed E-state index contributed by atoms with van der Waals surface area (Å²) in [6.07, 6.45) is 2.32. The van der Waals surface area contributed by atoms with Crippen LogP contribution < -0.4 is 0 Å². The van der Waals surface area contributed by atoms with E-state index in [2.05, 4.69) is 10.2 Å². The Labute approximate surface area is 131 Å². The summed E-state index contributed by atoms with van der Waals surface area (Å²) in [5.41, 5.74) is 0.774. The van der Waals surface area contributed by atoms with Crippen LogP contribution in [0.1, 0.15) is 12.8 Å². The van der Waals surface area contributed by atoms with Crippen LogP contribution in [0.3, 0.4) is 0 Å². The lowest BCUT2D eigenvalue weighted by atomic mass is 9.99. The van der Waals surface area contributed by atoms with Gasteiger partial charge in [-0.25, -0.2) is 8.42 Å². The van der Waals surface area contributed by atoms with Crippen molar-refractivity contribution in [3.05, 3.63) is 24.4 Å². The average molecular weight is 341 g/mol. The lowest BCUT2D eigenvalue weighted by Gasteiger charge is -2.28. The van der Waals surface area contributed by atoms with Crippen LogP contribution in [0.4, 0.5) is 0 Å². The minimum Gasteiger partial charge on any atom is -0.481 e. The monoisotopic (exact) mass is 341 g/mol. The van der Waals surface area contributed by atoms with Gasteiger partial charge in [0.15, 0.2) is 0 Å².